The number of hydrogen-bond donors (Lipinski definition) is 2. The summed E-state index contributed by atoms with van der Waals surface area (Å²) in [4.78, 5) is 24.6. The van der Waals surface area contributed by atoms with Crippen LogP contribution < -0.4 is 0 Å². The molecule has 2 N–H and O–H groups in total. The number of benzene rings is 1. The minimum Gasteiger partial charge on any atom is -0.478 e. The van der Waals surface area contributed by atoms with E-state index in [4.69, 9.17) is 5.11 Å². The van der Waals surface area contributed by atoms with Crippen LogP contribution in [0.5, 0.6) is 0 Å². The fourth-order valence-corrected chi connectivity index (χ4v) is 2.21. The highest BCUT2D eigenvalue weighted by molar-refractivity contribution is 7.99. The summed E-state index contributed by atoms with van der Waals surface area (Å²) in [5.41, 5.74) is -0.724. The van der Waals surface area contributed by atoms with Gasteiger partial charge in [-0.05, 0) is 17.8 Å². The highest BCUT2D eigenvalue weighted by Gasteiger charge is 2.19. The Morgan fingerprint density at radius 1 is 1.48 bits per heavy atom. The first-order valence-electron chi connectivity index (χ1n) is 5.28. The van der Waals surface area contributed by atoms with Crippen molar-refractivity contribution in [3.8, 4) is 0 Å². The maximum absolute atomic E-state index is 12.4. The number of non-ortho nitro benzene ring substituents is 1. The Labute approximate surface area is 119 Å². The summed E-state index contributed by atoms with van der Waals surface area (Å²) in [5, 5.41) is 25.1. The number of halogens is 2. The third-order valence-electron chi connectivity index (χ3n) is 2.29. The number of nitrogens with one attached hydrogen (secondary N) is 1. The van der Waals surface area contributed by atoms with E-state index in [1.54, 1.807) is 0 Å². The van der Waals surface area contributed by atoms with Gasteiger partial charge in [-0.1, -0.05) is 0 Å². The topological polar surface area (TPSA) is 122 Å². The molecule has 1 heterocycles. The van der Waals surface area contributed by atoms with Gasteiger partial charge in [0, 0.05) is 17.0 Å². The molecule has 8 nitrogen and oxygen atoms in total. The summed E-state index contributed by atoms with van der Waals surface area (Å²) < 4.78 is 24.7. The van der Waals surface area contributed by atoms with E-state index in [9.17, 15) is 23.7 Å². The van der Waals surface area contributed by atoms with Gasteiger partial charge in [0.2, 0.25) is 5.16 Å². The molecule has 21 heavy (non-hydrogen) atoms. The van der Waals surface area contributed by atoms with Crippen molar-refractivity contribution in [1.82, 2.24) is 15.2 Å². The highest BCUT2D eigenvalue weighted by Crippen LogP contribution is 2.31. The Morgan fingerprint density at radius 2 is 2.19 bits per heavy atom. The van der Waals surface area contributed by atoms with Crippen LogP contribution in [0, 0.1) is 10.1 Å². The number of aromatic carboxylic acids is 1. The van der Waals surface area contributed by atoms with E-state index in [0.717, 1.165) is 12.1 Å². The molecule has 11 heteroatoms. The zero-order valence-electron chi connectivity index (χ0n) is 9.99. The second kappa shape index (κ2) is 5.83. The van der Waals surface area contributed by atoms with Crippen molar-refractivity contribution in [1.29, 1.82) is 0 Å². The zero-order valence-corrected chi connectivity index (χ0v) is 10.8. The summed E-state index contributed by atoms with van der Waals surface area (Å²) in [7, 11) is 0. The molecular formula is C10H6F2N4O4S. The number of aromatic amines is 1. The Hall–Kier alpha value is -2.56. The summed E-state index contributed by atoms with van der Waals surface area (Å²) in [6, 6.07) is 3.19. The predicted octanol–water partition coefficient (Wildman–Crippen LogP) is 2.50. The average molecular weight is 316 g/mol. The number of nitro benzene ring substituents is 1. The molecule has 0 spiro atoms. The van der Waals surface area contributed by atoms with E-state index < -0.39 is 23.1 Å². The smallest absolute Gasteiger partial charge is 0.337 e. The monoisotopic (exact) mass is 316 g/mol. The van der Waals surface area contributed by atoms with Crippen LogP contribution in [0.4, 0.5) is 14.5 Å². The van der Waals surface area contributed by atoms with E-state index >= 15 is 0 Å². The molecule has 1 aromatic heterocycles. The first-order valence-corrected chi connectivity index (χ1v) is 6.10. The predicted molar refractivity (Wildman–Crippen MR) is 65.5 cm³/mol. The number of alkyl halides is 2. The third-order valence-corrected chi connectivity index (χ3v) is 3.24. The van der Waals surface area contributed by atoms with Crippen molar-refractivity contribution in [2.24, 2.45) is 0 Å². The number of carbonyl (C=O) groups is 1. The van der Waals surface area contributed by atoms with Crippen LogP contribution >= 0.6 is 11.8 Å². The van der Waals surface area contributed by atoms with Gasteiger partial charge >= 0.3 is 5.97 Å². The van der Waals surface area contributed by atoms with Crippen LogP contribution in [0.3, 0.4) is 0 Å². The molecular weight excluding hydrogens is 310 g/mol. The fourth-order valence-electron chi connectivity index (χ4n) is 1.39. The average Bonchev–Trinajstić information content (AvgIpc) is 2.87. The second-order valence-corrected chi connectivity index (χ2v) is 4.66. The second-order valence-electron chi connectivity index (χ2n) is 3.65. The van der Waals surface area contributed by atoms with Gasteiger partial charge < -0.3 is 5.11 Å². The maximum Gasteiger partial charge on any atom is 0.337 e. The lowest BCUT2D eigenvalue weighted by molar-refractivity contribution is -0.384. The third kappa shape index (κ3) is 3.31. The first kappa shape index (κ1) is 14.8. The Morgan fingerprint density at radius 3 is 2.71 bits per heavy atom. The molecule has 0 fully saturated rings. The summed E-state index contributed by atoms with van der Waals surface area (Å²) in [5.74, 6) is -2.03. The summed E-state index contributed by atoms with van der Waals surface area (Å²) in [6.45, 7) is 0. The van der Waals surface area contributed by atoms with Crippen molar-refractivity contribution in [3.63, 3.8) is 0 Å². The van der Waals surface area contributed by atoms with E-state index in [1.165, 1.54) is 6.07 Å². The molecule has 2 rings (SSSR count). The van der Waals surface area contributed by atoms with Gasteiger partial charge in [0.05, 0.1) is 10.5 Å². The number of H-pyrrole nitrogens is 1. The van der Waals surface area contributed by atoms with E-state index in [0.29, 0.717) is 11.8 Å². The van der Waals surface area contributed by atoms with Crippen molar-refractivity contribution < 1.29 is 23.6 Å². The van der Waals surface area contributed by atoms with E-state index in [1.807, 2.05) is 5.10 Å². The van der Waals surface area contributed by atoms with E-state index in [-0.39, 0.29) is 21.3 Å². The van der Waals surface area contributed by atoms with Gasteiger partial charge in [-0.2, -0.15) is 4.98 Å². The van der Waals surface area contributed by atoms with Crippen LogP contribution in [0.1, 0.15) is 22.6 Å². The number of nitrogens with zero attached hydrogens (tertiary/aromatic N) is 3. The Kier molecular flexibility index (Phi) is 4.12. The van der Waals surface area contributed by atoms with Crippen molar-refractivity contribution in [3.05, 3.63) is 39.7 Å². The molecule has 0 amide bonds. The van der Waals surface area contributed by atoms with Gasteiger partial charge in [0.25, 0.3) is 12.1 Å². The largest absolute Gasteiger partial charge is 0.478 e. The molecule has 0 saturated heterocycles. The SMILES string of the molecule is O=C(O)c1cc([N+](=O)[O-])ccc1Sc1n[nH]c(C(F)F)n1. The number of nitro groups is 1. The molecule has 0 radical (unpaired) electrons. The molecule has 0 aliphatic heterocycles. The minimum absolute atomic E-state index is 0.105. The van der Waals surface area contributed by atoms with Crippen LogP contribution in [-0.4, -0.2) is 31.2 Å². The van der Waals surface area contributed by atoms with Crippen LogP contribution in [0.15, 0.2) is 28.3 Å². The van der Waals surface area contributed by atoms with Gasteiger partial charge in [-0.3, -0.25) is 15.2 Å². The van der Waals surface area contributed by atoms with Gasteiger partial charge in [0.1, 0.15) is 0 Å². The number of carboxylic acid groups (broad SMARTS) is 1. The fraction of sp³-hybridized carbons (Fsp3) is 0.100. The van der Waals surface area contributed by atoms with Gasteiger partial charge in [-0.25, -0.2) is 13.6 Å². The van der Waals surface area contributed by atoms with Crippen LogP contribution in [-0.2, 0) is 0 Å². The molecule has 0 saturated carbocycles. The Balaban J connectivity index is 2.34. The Bertz CT molecular complexity index is 706. The number of carboxylic acids is 1. The van der Waals surface area contributed by atoms with E-state index in [2.05, 4.69) is 10.1 Å². The van der Waals surface area contributed by atoms with Crippen LogP contribution in [0.2, 0.25) is 0 Å². The standard InChI is InChI=1S/C10H6F2N4O4S/c11-7(12)8-13-10(15-14-8)21-6-2-1-4(16(19)20)3-5(6)9(17)18/h1-3,7H,(H,17,18)(H,13,14,15). The summed E-state index contributed by atoms with van der Waals surface area (Å²) >= 11 is 0.711. The highest BCUT2D eigenvalue weighted by atomic mass is 32.2. The minimum atomic E-state index is -2.83. The molecule has 2 aromatic rings. The van der Waals surface area contributed by atoms with Gasteiger partial charge in [0.15, 0.2) is 5.82 Å². The molecule has 1 aromatic carbocycles. The normalized spacial score (nSPS) is 10.8. The molecule has 0 aliphatic rings. The molecule has 0 atom stereocenters. The lowest BCUT2D eigenvalue weighted by atomic mass is 10.2. The maximum atomic E-state index is 12.4. The van der Waals surface area contributed by atoms with Crippen LogP contribution in [0.25, 0.3) is 0 Å². The molecule has 0 bridgehead atoms. The molecule has 0 aliphatic carbocycles. The zero-order chi connectivity index (χ0) is 15.6. The van der Waals surface area contributed by atoms with Crippen molar-refractivity contribution >= 4 is 23.4 Å². The van der Waals surface area contributed by atoms with Gasteiger partial charge in [-0.15, -0.1) is 5.10 Å². The quantitative estimate of drug-likeness (QED) is 0.641. The van der Waals surface area contributed by atoms with Crippen molar-refractivity contribution in [2.45, 2.75) is 16.5 Å². The number of hydrogen-bond acceptors (Lipinski definition) is 6. The number of rotatable bonds is 5. The lowest BCUT2D eigenvalue weighted by Crippen LogP contribution is -2.00. The molecule has 110 valence electrons. The molecule has 0 unspecified atom stereocenters. The first-order chi connectivity index (χ1) is 9.88. The number of aromatic nitrogens is 3. The summed E-state index contributed by atoms with van der Waals surface area (Å²) in [6.07, 6.45) is -2.83. The lowest BCUT2D eigenvalue weighted by Gasteiger charge is -2.02. The van der Waals surface area contributed by atoms with Crippen molar-refractivity contribution in [2.75, 3.05) is 0 Å².